The lowest BCUT2D eigenvalue weighted by Gasteiger charge is -2.19. The summed E-state index contributed by atoms with van der Waals surface area (Å²) >= 11 is 6.14. The molecule has 3 rings (SSSR count). The minimum Gasteiger partial charge on any atom is -0.486 e. The number of halogens is 1. The van der Waals surface area contributed by atoms with Crippen LogP contribution in [0.2, 0.25) is 5.02 Å². The van der Waals surface area contributed by atoms with E-state index in [2.05, 4.69) is 0 Å². The van der Waals surface area contributed by atoms with Crippen LogP contribution in [0.3, 0.4) is 0 Å². The van der Waals surface area contributed by atoms with Gasteiger partial charge in [0.15, 0.2) is 11.5 Å². The summed E-state index contributed by atoms with van der Waals surface area (Å²) < 4.78 is 10.9. The Bertz CT molecular complexity index is 673. The Kier molecular flexibility index (Phi) is 4.43. The number of hydrogen-bond acceptors (Lipinski definition) is 4. The number of benzene rings is 1. The second-order valence-electron chi connectivity index (χ2n) is 5.47. The number of carbonyl (C=O) groups excluding carboxylic acids is 1. The summed E-state index contributed by atoms with van der Waals surface area (Å²) in [5.41, 5.74) is 0.724. The van der Waals surface area contributed by atoms with Gasteiger partial charge in [-0.2, -0.15) is 0 Å². The van der Waals surface area contributed by atoms with E-state index in [1.165, 1.54) is 11.0 Å². The molecule has 6 nitrogen and oxygen atoms in total. The highest BCUT2D eigenvalue weighted by molar-refractivity contribution is 6.32. The molecule has 1 N–H and O–H groups in total. The molecule has 1 unspecified atom stereocenters. The maximum absolute atomic E-state index is 12.1. The number of rotatable bonds is 3. The molecule has 1 saturated heterocycles. The van der Waals surface area contributed by atoms with E-state index in [4.69, 9.17) is 26.2 Å². The second-order valence-corrected chi connectivity index (χ2v) is 5.88. The van der Waals surface area contributed by atoms with Gasteiger partial charge in [-0.25, -0.2) is 0 Å². The zero-order valence-corrected chi connectivity index (χ0v) is 13.1. The standard InChI is InChI=1S/C16H16ClNO5/c17-12-7-10(8-13-15(12)23-6-5-22-13)1-2-14(19)18-4-3-11(9-18)16(20)21/h1-2,7-8,11H,3-6,9H2,(H,20,21). The van der Waals surface area contributed by atoms with Crippen LogP contribution >= 0.6 is 11.6 Å². The molecule has 0 saturated carbocycles. The third kappa shape index (κ3) is 3.42. The molecule has 1 fully saturated rings. The zero-order valence-electron chi connectivity index (χ0n) is 12.3. The Balaban J connectivity index is 1.69. The molecule has 1 atom stereocenters. The Hall–Kier alpha value is -2.21. The fourth-order valence-electron chi connectivity index (χ4n) is 2.66. The van der Waals surface area contributed by atoms with E-state index in [1.54, 1.807) is 18.2 Å². The van der Waals surface area contributed by atoms with Crippen LogP contribution in [0, 0.1) is 5.92 Å². The van der Waals surface area contributed by atoms with Crippen molar-refractivity contribution >= 4 is 29.6 Å². The molecule has 0 bridgehead atoms. The molecule has 1 amide bonds. The Morgan fingerprint density at radius 1 is 1.30 bits per heavy atom. The summed E-state index contributed by atoms with van der Waals surface area (Å²) in [5.74, 6) is -0.466. The number of carbonyl (C=O) groups is 2. The van der Waals surface area contributed by atoms with Gasteiger partial charge in [0.1, 0.15) is 13.2 Å². The molecular formula is C16H16ClNO5. The van der Waals surface area contributed by atoms with Crippen molar-refractivity contribution < 1.29 is 24.2 Å². The molecule has 2 heterocycles. The van der Waals surface area contributed by atoms with Crippen LogP contribution in [0.25, 0.3) is 6.08 Å². The smallest absolute Gasteiger partial charge is 0.308 e. The normalized spacial score (nSPS) is 20.0. The molecule has 2 aliphatic rings. The van der Waals surface area contributed by atoms with Crippen molar-refractivity contribution in [2.45, 2.75) is 6.42 Å². The van der Waals surface area contributed by atoms with Crippen LogP contribution in [0.5, 0.6) is 11.5 Å². The molecular weight excluding hydrogens is 322 g/mol. The van der Waals surface area contributed by atoms with E-state index in [9.17, 15) is 9.59 Å². The number of carboxylic acid groups (broad SMARTS) is 1. The minimum atomic E-state index is -0.858. The predicted octanol–water partition coefficient (Wildman–Crippen LogP) is 2.06. The van der Waals surface area contributed by atoms with Crippen molar-refractivity contribution in [3.8, 4) is 11.5 Å². The number of carboxylic acids is 1. The summed E-state index contributed by atoms with van der Waals surface area (Å²) in [7, 11) is 0. The average molecular weight is 338 g/mol. The van der Waals surface area contributed by atoms with Crippen molar-refractivity contribution in [3.63, 3.8) is 0 Å². The fourth-order valence-corrected chi connectivity index (χ4v) is 2.94. The van der Waals surface area contributed by atoms with Crippen LogP contribution in [0.15, 0.2) is 18.2 Å². The fraction of sp³-hybridized carbons (Fsp3) is 0.375. The first-order valence-electron chi connectivity index (χ1n) is 7.33. The first kappa shape index (κ1) is 15.7. The highest BCUT2D eigenvalue weighted by atomic mass is 35.5. The molecule has 122 valence electrons. The SMILES string of the molecule is O=C(O)C1CCN(C(=O)C=Cc2cc(Cl)c3c(c2)OCCO3)C1. The van der Waals surface area contributed by atoms with E-state index >= 15 is 0 Å². The summed E-state index contributed by atoms with van der Waals surface area (Å²) in [6.07, 6.45) is 3.55. The minimum absolute atomic E-state index is 0.209. The number of amides is 1. The predicted molar refractivity (Wildman–Crippen MR) is 83.8 cm³/mol. The number of likely N-dealkylation sites (tertiary alicyclic amines) is 1. The van der Waals surface area contributed by atoms with Crippen molar-refractivity contribution in [2.24, 2.45) is 5.92 Å². The third-order valence-corrected chi connectivity index (χ3v) is 4.17. The molecule has 0 spiro atoms. The van der Waals surface area contributed by atoms with Crippen LogP contribution in [0.4, 0.5) is 0 Å². The van der Waals surface area contributed by atoms with Gasteiger partial charge in [-0.05, 0) is 30.2 Å². The Morgan fingerprint density at radius 2 is 2.09 bits per heavy atom. The van der Waals surface area contributed by atoms with Crippen molar-refractivity contribution in [1.82, 2.24) is 4.90 Å². The molecule has 1 aromatic carbocycles. The number of hydrogen-bond donors (Lipinski definition) is 1. The van der Waals surface area contributed by atoms with Gasteiger partial charge in [0, 0.05) is 19.2 Å². The largest absolute Gasteiger partial charge is 0.486 e. The molecule has 0 aromatic heterocycles. The summed E-state index contributed by atoms with van der Waals surface area (Å²) in [5, 5.41) is 9.40. The van der Waals surface area contributed by atoms with Crippen LogP contribution < -0.4 is 9.47 Å². The van der Waals surface area contributed by atoms with Crippen molar-refractivity contribution in [1.29, 1.82) is 0 Å². The van der Waals surface area contributed by atoms with Gasteiger partial charge in [0.25, 0.3) is 0 Å². The Labute approximate surface area is 138 Å². The van der Waals surface area contributed by atoms with Gasteiger partial charge in [0.2, 0.25) is 5.91 Å². The van der Waals surface area contributed by atoms with Gasteiger partial charge in [-0.3, -0.25) is 9.59 Å². The molecule has 2 aliphatic heterocycles. The number of fused-ring (bicyclic) bond motifs is 1. The lowest BCUT2D eigenvalue weighted by atomic mass is 10.1. The topological polar surface area (TPSA) is 76.1 Å². The number of aliphatic carboxylic acids is 1. The van der Waals surface area contributed by atoms with Gasteiger partial charge < -0.3 is 19.5 Å². The van der Waals surface area contributed by atoms with Gasteiger partial charge >= 0.3 is 5.97 Å². The van der Waals surface area contributed by atoms with Crippen LogP contribution in [-0.2, 0) is 9.59 Å². The maximum Gasteiger partial charge on any atom is 0.308 e. The average Bonchev–Trinajstić information content (AvgIpc) is 3.03. The van der Waals surface area contributed by atoms with Crippen molar-refractivity contribution in [3.05, 3.63) is 28.8 Å². The van der Waals surface area contributed by atoms with E-state index in [-0.39, 0.29) is 12.5 Å². The van der Waals surface area contributed by atoms with E-state index in [1.807, 2.05) is 0 Å². The molecule has 23 heavy (non-hydrogen) atoms. The number of ether oxygens (including phenoxy) is 2. The summed E-state index contributed by atoms with van der Waals surface area (Å²) in [6, 6.07) is 3.46. The van der Waals surface area contributed by atoms with E-state index in [0.29, 0.717) is 42.7 Å². The molecule has 0 radical (unpaired) electrons. The van der Waals surface area contributed by atoms with E-state index < -0.39 is 11.9 Å². The molecule has 0 aliphatic carbocycles. The third-order valence-electron chi connectivity index (χ3n) is 3.89. The monoisotopic (exact) mass is 337 g/mol. The lowest BCUT2D eigenvalue weighted by Crippen LogP contribution is -2.28. The first-order valence-corrected chi connectivity index (χ1v) is 7.71. The summed E-state index contributed by atoms with van der Waals surface area (Å²) in [6.45, 7) is 1.63. The van der Waals surface area contributed by atoms with Crippen molar-refractivity contribution in [2.75, 3.05) is 26.3 Å². The van der Waals surface area contributed by atoms with Gasteiger partial charge in [-0.1, -0.05) is 11.6 Å². The van der Waals surface area contributed by atoms with Gasteiger partial charge in [0.05, 0.1) is 10.9 Å². The molecule has 7 heteroatoms. The quantitative estimate of drug-likeness (QED) is 0.854. The highest BCUT2D eigenvalue weighted by Crippen LogP contribution is 2.38. The highest BCUT2D eigenvalue weighted by Gasteiger charge is 2.29. The Morgan fingerprint density at radius 3 is 2.83 bits per heavy atom. The zero-order chi connectivity index (χ0) is 16.4. The first-order chi connectivity index (χ1) is 11.0. The van der Waals surface area contributed by atoms with Gasteiger partial charge in [-0.15, -0.1) is 0 Å². The van der Waals surface area contributed by atoms with E-state index in [0.717, 1.165) is 5.56 Å². The second kappa shape index (κ2) is 6.50. The van der Waals surface area contributed by atoms with Crippen LogP contribution in [0.1, 0.15) is 12.0 Å². The lowest BCUT2D eigenvalue weighted by molar-refractivity contribution is -0.141. The summed E-state index contributed by atoms with van der Waals surface area (Å²) in [4.78, 5) is 24.6. The number of nitrogens with zero attached hydrogens (tertiary/aromatic N) is 1. The van der Waals surface area contributed by atoms with Crippen LogP contribution in [-0.4, -0.2) is 48.2 Å². The molecule has 1 aromatic rings. The maximum atomic E-state index is 12.1.